The lowest BCUT2D eigenvalue weighted by Gasteiger charge is -2.33. The zero-order valence-electron chi connectivity index (χ0n) is 17.5. The maximum Gasteiger partial charge on any atom is 0.248 e. The molecule has 3 aromatic rings. The third kappa shape index (κ3) is 5.73. The Bertz CT molecular complexity index is 914. The first-order valence-electron chi connectivity index (χ1n) is 10.4. The van der Waals surface area contributed by atoms with Gasteiger partial charge in [0, 0.05) is 36.7 Å². The van der Waals surface area contributed by atoms with Crippen LogP contribution in [0.4, 0.5) is 17.1 Å². The molecule has 0 bridgehead atoms. The molecule has 5 nitrogen and oxygen atoms in total. The van der Waals surface area contributed by atoms with Crippen LogP contribution in [0.15, 0.2) is 91.0 Å². The van der Waals surface area contributed by atoms with Crippen molar-refractivity contribution in [3.8, 4) is 0 Å². The highest BCUT2D eigenvalue weighted by Gasteiger charge is 2.36. The molecular formula is C24H27N4OPS. The zero-order valence-corrected chi connectivity index (χ0v) is 19.2. The lowest BCUT2D eigenvalue weighted by molar-refractivity contribution is 0.250. The summed E-state index contributed by atoms with van der Waals surface area (Å²) >= 11 is 5.44. The van der Waals surface area contributed by atoms with Crippen molar-refractivity contribution in [1.29, 1.82) is 0 Å². The van der Waals surface area contributed by atoms with Gasteiger partial charge < -0.3 is 24.5 Å². The number of benzene rings is 3. The maximum atomic E-state index is 6.61. The van der Waals surface area contributed by atoms with Gasteiger partial charge in [0.1, 0.15) is 0 Å². The molecule has 31 heavy (non-hydrogen) atoms. The average Bonchev–Trinajstić information content (AvgIpc) is 3.23. The lowest BCUT2D eigenvalue weighted by Crippen LogP contribution is -2.35. The van der Waals surface area contributed by atoms with Crippen LogP contribution in [0, 0.1) is 0 Å². The number of hydrogen-bond acceptors (Lipinski definition) is 4. The van der Waals surface area contributed by atoms with Crippen molar-refractivity contribution in [2.45, 2.75) is 13.0 Å². The van der Waals surface area contributed by atoms with Gasteiger partial charge in [-0.25, -0.2) is 0 Å². The minimum absolute atomic E-state index is 0.0165. The first-order valence-corrected chi connectivity index (χ1v) is 12.0. The SMILES string of the molecule is C[C@H](CNC(=S)Nc1ccccc1)OP1N(c2ccccc2)CCN1c1ccccc1. The van der Waals surface area contributed by atoms with Crippen LogP contribution >= 0.6 is 20.7 Å². The van der Waals surface area contributed by atoms with E-state index in [1.807, 2.05) is 42.5 Å². The van der Waals surface area contributed by atoms with E-state index in [0.717, 1.165) is 18.8 Å². The predicted molar refractivity (Wildman–Crippen MR) is 136 cm³/mol. The van der Waals surface area contributed by atoms with Crippen LogP contribution in [0.5, 0.6) is 0 Å². The third-order valence-electron chi connectivity index (χ3n) is 4.90. The number of para-hydroxylation sites is 3. The molecular weight excluding hydrogens is 423 g/mol. The van der Waals surface area contributed by atoms with E-state index in [0.29, 0.717) is 11.7 Å². The Balaban J connectivity index is 1.41. The maximum absolute atomic E-state index is 6.61. The van der Waals surface area contributed by atoms with Gasteiger partial charge in [0.05, 0.1) is 6.10 Å². The molecule has 0 unspecified atom stereocenters. The lowest BCUT2D eigenvalue weighted by atomic mass is 10.3. The number of anilines is 3. The Kier molecular flexibility index (Phi) is 7.36. The number of thiocarbonyl (C=S) groups is 1. The molecule has 0 radical (unpaired) electrons. The second-order valence-corrected chi connectivity index (χ2v) is 9.38. The van der Waals surface area contributed by atoms with Crippen LogP contribution in [-0.2, 0) is 4.52 Å². The van der Waals surface area contributed by atoms with Gasteiger partial charge in [-0.2, -0.15) is 0 Å². The quantitative estimate of drug-likeness (QED) is 0.359. The number of nitrogens with zero attached hydrogens (tertiary/aromatic N) is 2. The Morgan fingerprint density at radius 3 is 1.87 bits per heavy atom. The molecule has 3 aromatic carbocycles. The molecule has 2 N–H and O–H groups in total. The number of rotatable bonds is 7. The van der Waals surface area contributed by atoms with E-state index in [-0.39, 0.29) is 6.10 Å². The molecule has 1 heterocycles. The summed E-state index contributed by atoms with van der Waals surface area (Å²) in [6.45, 7) is 4.57. The third-order valence-corrected chi connectivity index (χ3v) is 7.38. The van der Waals surface area contributed by atoms with Gasteiger partial charge >= 0.3 is 0 Å². The first kappa shape index (κ1) is 21.6. The molecule has 0 aromatic heterocycles. The normalized spacial score (nSPS) is 15.0. The van der Waals surface area contributed by atoms with E-state index in [2.05, 4.69) is 75.4 Å². The van der Waals surface area contributed by atoms with E-state index in [1.54, 1.807) is 0 Å². The molecule has 7 heteroatoms. The van der Waals surface area contributed by atoms with Crippen molar-refractivity contribution >= 4 is 42.8 Å². The Morgan fingerprint density at radius 1 is 0.871 bits per heavy atom. The molecule has 0 amide bonds. The molecule has 160 valence electrons. The summed E-state index contributed by atoms with van der Waals surface area (Å²) in [5.74, 6) is 0. The fourth-order valence-electron chi connectivity index (χ4n) is 3.39. The first-order chi connectivity index (χ1) is 15.2. The minimum Gasteiger partial charge on any atom is -0.360 e. The van der Waals surface area contributed by atoms with Crippen molar-refractivity contribution in [1.82, 2.24) is 5.32 Å². The molecule has 0 spiro atoms. The molecule has 0 aliphatic carbocycles. The molecule has 1 aliphatic rings. The summed E-state index contributed by atoms with van der Waals surface area (Å²) in [6.07, 6.45) is -0.0165. The molecule has 4 rings (SSSR count). The van der Waals surface area contributed by atoms with Crippen LogP contribution in [0.2, 0.25) is 0 Å². The standard InChI is InChI=1S/C24H27N4OPS/c1-20(19-25-24(31)26-21-11-5-2-6-12-21)29-30-27(22-13-7-3-8-14-22)17-18-28(30)23-15-9-4-10-16-23/h2-16,20H,17-19H2,1H3,(H2,25,26,31)/t20-/m1/s1. The number of nitrogens with one attached hydrogen (secondary N) is 2. The van der Waals surface area contributed by atoms with Crippen LogP contribution < -0.4 is 20.0 Å². The van der Waals surface area contributed by atoms with E-state index < -0.39 is 8.45 Å². The van der Waals surface area contributed by atoms with Crippen LogP contribution in [0.1, 0.15) is 6.92 Å². The van der Waals surface area contributed by atoms with Crippen LogP contribution in [0.25, 0.3) is 0 Å². The van der Waals surface area contributed by atoms with Crippen molar-refractivity contribution in [3.05, 3.63) is 91.0 Å². The summed E-state index contributed by atoms with van der Waals surface area (Å²) < 4.78 is 11.4. The summed E-state index contributed by atoms with van der Waals surface area (Å²) in [5, 5.41) is 7.09. The topological polar surface area (TPSA) is 39.8 Å². The highest BCUT2D eigenvalue weighted by atomic mass is 32.1. The average molecular weight is 451 g/mol. The second-order valence-electron chi connectivity index (χ2n) is 7.29. The molecule has 1 aliphatic heterocycles. The van der Waals surface area contributed by atoms with Crippen molar-refractivity contribution < 1.29 is 4.52 Å². The summed E-state index contributed by atoms with van der Waals surface area (Å²) in [4.78, 5) is 0. The number of hydrogen-bond donors (Lipinski definition) is 2. The Morgan fingerprint density at radius 2 is 1.35 bits per heavy atom. The molecule has 1 saturated heterocycles. The monoisotopic (exact) mass is 450 g/mol. The van der Waals surface area contributed by atoms with Crippen molar-refractivity contribution in [2.75, 3.05) is 34.3 Å². The summed E-state index contributed by atoms with van der Waals surface area (Å²) in [5.41, 5.74) is 3.35. The Hall–Kier alpha value is -2.66. The van der Waals surface area contributed by atoms with Gasteiger partial charge in [0.25, 0.3) is 0 Å². The van der Waals surface area contributed by atoms with Gasteiger partial charge in [-0.1, -0.05) is 54.6 Å². The molecule has 1 atom stereocenters. The fourth-order valence-corrected chi connectivity index (χ4v) is 5.66. The van der Waals surface area contributed by atoms with Gasteiger partial charge in [-0.05, 0) is 55.5 Å². The predicted octanol–water partition coefficient (Wildman–Crippen LogP) is 5.63. The largest absolute Gasteiger partial charge is 0.360 e. The molecule has 0 saturated carbocycles. The van der Waals surface area contributed by atoms with Gasteiger partial charge in [0.15, 0.2) is 5.11 Å². The van der Waals surface area contributed by atoms with Crippen LogP contribution in [-0.4, -0.2) is 30.9 Å². The van der Waals surface area contributed by atoms with Gasteiger partial charge in [-0.15, -0.1) is 0 Å². The highest BCUT2D eigenvalue weighted by molar-refractivity contribution is 7.80. The minimum atomic E-state index is -0.980. The van der Waals surface area contributed by atoms with E-state index in [4.69, 9.17) is 16.7 Å². The van der Waals surface area contributed by atoms with Crippen molar-refractivity contribution in [3.63, 3.8) is 0 Å². The molecule has 1 fully saturated rings. The van der Waals surface area contributed by atoms with Crippen molar-refractivity contribution in [2.24, 2.45) is 0 Å². The van der Waals surface area contributed by atoms with E-state index in [1.165, 1.54) is 11.4 Å². The smallest absolute Gasteiger partial charge is 0.248 e. The zero-order chi connectivity index (χ0) is 21.5. The second kappa shape index (κ2) is 10.6. The highest BCUT2D eigenvalue weighted by Crippen LogP contribution is 2.54. The van der Waals surface area contributed by atoms with Crippen LogP contribution in [0.3, 0.4) is 0 Å². The van der Waals surface area contributed by atoms with E-state index >= 15 is 0 Å². The van der Waals surface area contributed by atoms with E-state index in [9.17, 15) is 0 Å². The summed E-state index contributed by atoms with van der Waals surface area (Å²) in [7, 11) is -0.980. The fraction of sp³-hybridized carbons (Fsp3) is 0.208. The van der Waals surface area contributed by atoms with Gasteiger partial charge in [0.2, 0.25) is 8.45 Å². The van der Waals surface area contributed by atoms with Gasteiger partial charge in [-0.3, -0.25) is 0 Å². The Labute approximate surface area is 191 Å². The summed E-state index contributed by atoms with van der Waals surface area (Å²) in [6, 6.07) is 30.9.